The topological polar surface area (TPSA) is 26.0 Å². The summed E-state index contributed by atoms with van der Waals surface area (Å²) in [5.74, 6) is 0. The number of nitrogens with two attached hydrogens (primary N) is 1. The van der Waals surface area contributed by atoms with E-state index in [4.69, 9.17) is 5.73 Å². The molecule has 164 valence electrons. The van der Waals surface area contributed by atoms with Gasteiger partial charge in [-0.1, -0.05) is 111 Å². The molecule has 1 aliphatic carbocycles. The maximum absolute atomic E-state index is 6.03. The van der Waals surface area contributed by atoms with Crippen LogP contribution >= 0.6 is 0 Å². The number of rotatable bonds is 2. The molecule has 0 aromatic heterocycles. The number of anilines is 1. The number of aryl methyl sites for hydroxylation is 1. The predicted molar refractivity (Wildman–Crippen MR) is 139 cm³/mol. The van der Waals surface area contributed by atoms with Crippen molar-refractivity contribution >= 4 is 16.5 Å². The highest BCUT2D eigenvalue weighted by atomic mass is 14.6. The van der Waals surface area contributed by atoms with Crippen LogP contribution in [-0.2, 0) is 5.41 Å². The number of benzene rings is 3. The van der Waals surface area contributed by atoms with E-state index in [2.05, 4.69) is 77.1 Å². The third-order valence-electron chi connectivity index (χ3n) is 5.62. The van der Waals surface area contributed by atoms with Gasteiger partial charge in [-0.2, -0.15) is 0 Å². The second kappa shape index (κ2) is 11.8. The van der Waals surface area contributed by atoms with E-state index in [-0.39, 0.29) is 5.41 Å². The van der Waals surface area contributed by atoms with Crippen LogP contribution in [-0.4, -0.2) is 0 Å². The van der Waals surface area contributed by atoms with Crippen molar-refractivity contribution in [2.45, 2.75) is 87.0 Å². The highest BCUT2D eigenvalue weighted by molar-refractivity contribution is 6.04. The summed E-state index contributed by atoms with van der Waals surface area (Å²) >= 11 is 0. The van der Waals surface area contributed by atoms with Crippen LogP contribution in [0.15, 0.2) is 48.5 Å². The van der Waals surface area contributed by atoms with Gasteiger partial charge in [-0.05, 0) is 57.6 Å². The lowest BCUT2D eigenvalue weighted by molar-refractivity contribution is 0.660. The molecule has 1 aliphatic rings. The first kappa shape index (κ1) is 25.8. The zero-order chi connectivity index (χ0) is 22.9. The van der Waals surface area contributed by atoms with Gasteiger partial charge >= 0.3 is 0 Å². The minimum atomic E-state index is 0.00877. The summed E-state index contributed by atoms with van der Waals surface area (Å²) in [6, 6.07) is 17.4. The quantitative estimate of drug-likeness (QED) is 0.422. The molecule has 1 nitrogen and oxygen atoms in total. The fourth-order valence-corrected chi connectivity index (χ4v) is 4.14. The van der Waals surface area contributed by atoms with E-state index in [1.165, 1.54) is 57.9 Å². The average molecular weight is 406 g/mol. The Kier molecular flexibility index (Phi) is 10.1. The van der Waals surface area contributed by atoms with Crippen molar-refractivity contribution in [3.63, 3.8) is 0 Å². The highest BCUT2D eigenvalue weighted by Crippen LogP contribution is 2.52. The summed E-state index contributed by atoms with van der Waals surface area (Å²) in [5, 5.41) is 2.70. The average Bonchev–Trinajstić information content (AvgIpc) is 2.99. The zero-order valence-electron chi connectivity index (χ0n) is 20.8. The second-order valence-electron chi connectivity index (χ2n) is 7.95. The third-order valence-corrected chi connectivity index (χ3v) is 5.62. The van der Waals surface area contributed by atoms with E-state index in [1.807, 2.05) is 33.8 Å². The summed E-state index contributed by atoms with van der Waals surface area (Å²) in [6.45, 7) is 19.2. The molecule has 0 heterocycles. The van der Waals surface area contributed by atoms with Crippen LogP contribution < -0.4 is 5.73 Å². The van der Waals surface area contributed by atoms with Gasteiger partial charge in [0.25, 0.3) is 0 Å². The molecule has 2 N–H and O–H groups in total. The van der Waals surface area contributed by atoms with Crippen LogP contribution in [0.3, 0.4) is 0 Å². The Bertz CT molecular complexity index is 932. The van der Waals surface area contributed by atoms with Crippen molar-refractivity contribution in [3.8, 4) is 11.1 Å². The first-order valence-corrected chi connectivity index (χ1v) is 11.8. The molecule has 30 heavy (non-hydrogen) atoms. The molecule has 0 spiro atoms. The van der Waals surface area contributed by atoms with E-state index in [0.717, 1.165) is 5.69 Å². The van der Waals surface area contributed by atoms with Crippen LogP contribution in [0, 0.1) is 6.92 Å². The molecule has 0 aliphatic heterocycles. The van der Waals surface area contributed by atoms with Gasteiger partial charge in [-0.25, -0.2) is 0 Å². The number of nitrogen functional groups attached to an aromatic ring is 1. The Morgan fingerprint density at radius 3 is 1.87 bits per heavy atom. The van der Waals surface area contributed by atoms with Crippen LogP contribution in [0.4, 0.5) is 5.69 Å². The molecule has 0 amide bonds. The lowest BCUT2D eigenvalue weighted by Gasteiger charge is -2.22. The fraction of sp³-hybridized carbons (Fsp3) is 0.448. The largest absolute Gasteiger partial charge is 0.399 e. The van der Waals surface area contributed by atoms with Crippen molar-refractivity contribution in [2.75, 3.05) is 5.73 Å². The number of unbranched alkanes of at least 4 members (excludes halogenated alkanes) is 2. The van der Waals surface area contributed by atoms with E-state index in [1.54, 1.807) is 0 Å². The zero-order valence-corrected chi connectivity index (χ0v) is 20.8. The van der Waals surface area contributed by atoms with E-state index in [9.17, 15) is 0 Å². The maximum atomic E-state index is 6.03. The second-order valence-corrected chi connectivity index (χ2v) is 7.95. The number of hydrogen-bond donors (Lipinski definition) is 1. The minimum absolute atomic E-state index is 0.00877. The standard InChI is InChI=1S/C20H19N.C5H12.2C2H6/c1-12-10-18-19(15-7-5-4-6-14(12)15)16-9-8-13(21)11-17(16)20(18,2)3;1-3-5-4-2;2*1-2/h4-11H,21H2,1-3H3;3-5H2,1-2H3;2*1-2H3. The Labute approximate surface area is 185 Å². The van der Waals surface area contributed by atoms with Gasteiger partial charge in [0.2, 0.25) is 0 Å². The van der Waals surface area contributed by atoms with Crippen LogP contribution in [0.2, 0.25) is 0 Å². The Morgan fingerprint density at radius 1 is 0.767 bits per heavy atom. The molecule has 0 saturated heterocycles. The normalized spacial score (nSPS) is 12.3. The Balaban J connectivity index is 0.000000435. The molecule has 0 atom stereocenters. The number of fused-ring (bicyclic) bond motifs is 5. The van der Waals surface area contributed by atoms with Gasteiger partial charge < -0.3 is 5.73 Å². The predicted octanol–water partition coefficient (Wildman–Crippen LogP) is 9.29. The van der Waals surface area contributed by atoms with Crippen LogP contribution in [0.1, 0.15) is 91.3 Å². The van der Waals surface area contributed by atoms with Crippen molar-refractivity contribution in [2.24, 2.45) is 0 Å². The molecule has 4 rings (SSSR count). The van der Waals surface area contributed by atoms with Gasteiger partial charge in [0.15, 0.2) is 0 Å². The van der Waals surface area contributed by atoms with Crippen molar-refractivity contribution in [1.82, 2.24) is 0 Å². The summed E-state index contributed by atoms with van der Waals surface area (Å²) in [5.41, 5.74) is 13.7. The monoisotopic (exact) mass is 405 g/mol. The van der Waals surface area contributed by atoms with Gasteiger partial charge in [0.05, 0.1) is 0 Å². The third kappa shape index (κ3) is 5.06. The summed E-state index contributed by atoms with van der Waals surface area (Å²) in [6.07, 6.45) is 4.08. The lowest BCUT2D eigenvalue weighted by atomic mass is 9.81. The minimum Gasteiger partial charge on any atom is -0.399 e. The fourth-order valence-electron chi connectivity index (χ4n) is 4.14. The SMILES string of the molecule is CC.CC.CCCCC.Cc1cc2c(c3ccccc13)-c1ccc(N)cc1C2(C)C. The maximum Gasteiger partial charge on any atom is 0.0317 e. The molecular weight excluding hydrogens is 362 g/mol. The first-order valence-electron chi connectivity index (χ1n) is 11.8. The first-order chi connectivity index (χ1) is 14.4. The number of hydrogen-bond acceptors (Lipinski definition) is 1. The molecule has 0 bridgehead atoms. The molecule has 3 aromatic carbocycles. The van der Waals surface area contributed by atoms with E-state index in [0.29, 0.717) is 0 Å². The summed E-state index contributed by atoms with van der Waals surface area (Å²) in [7, 11) is 0. The molecular formula is C29H43N. The lowest BCUT2D eigenvalue weighted by Crippen LogP contribution is -2.15. The van der Waals surface area contributed by atoms with E-state index < -0.39 is 0 Å². The van der Waals surface area contributed by atoms with Gasteiger partial charge in [-0.15, -0.1) is 0 Å². The van der Waals surface area contributed by atoms with Gasteiger partial charge in [0.1, 0.15) is 0 Å². The van der Waals surface area contributed by atoms with Crippen molar-refractivity contribution in [3.05, 3.63) is 65.2 Å². The summed E-state index contributed by atoms with van der Waals surface area (Å²) in [4.78, 5) is 0. The molecule has 3 aromatic rings. The Morgan fingerprint density at radius 2 is 1.33 bits per heavy atom. The molecule has 0 unspecified atom stereocenters. The van der Waals surface area contributed by atoms with Crippen molar-refractivity contribution in [1.29, 1.82) is 0 Å². The van der Waals surface area contributed by atoms with Crippen LogP contribution in [0.25, 0.3) is 21.9 Å². The molecule has 0 radical (unpaired) electrons. The van der Waals surface area contributed by atoms with Gasteiger partial charge in [0, 0.05) is 11.1 Å². The van der Waals surface area contributed by atoms with Crippen LogP contribution in [0.5, 0.6) is 0 Å². The molecule has 1 heteroatoms. The van der Waals surface area contributed by atoms with Gasteiger partial charge in [-0.3, -0.25) is 0 Å². The summed E-state index contributed by atoms with van der Waals surface area (Å²) < 4.78 is 0. The smallest absolute Gasteiger partial charge is 0.0317 e. The van der Waals surface area contributed by atoms with Crippen molar-refractivity contribution < 1.29 is 0 Å². The molecule has 0 fully saturated rings. The Hall–Kier alpha value is -2.28. The molecule has 0 saturated carbocycles. The highest BCUT2D eigenvalue weighted by Gasteiger charge is 2.36. The van der Waals surface area contributed by atoms with E-state index >= 15 is 0 Å².